The molecular formula is C28H21BrO2. The van der Waals surface area contributed by atoms with Crippen LogP contribution in [0.25, 0.3) is 38.4 Å². The van der Waals surface area contributed by atoms with Crippen LogP contribution in [0.2, 0.25) is 0 Å². The van der Waals surface area contributed by atoms with Crippen molar-refractivity contribution in [3.05, 3.63) is 115 Å². The summed E-state index contributed by atoms with van der Waals surface area (Å²) in [6.45, 7) is 3.91. The number of halogens is 1. The third-order valence-corrected chi connectivity index (χ3v) is 6.23. The highest BCUT2D eigenvalue weighted by Crippen LogP contribution is 2.31. The topological polar surface area (TPSA) is 37.3 Å². The quantitative estimate of drug-likeness (QED) is 0.165. The van der Waals surface area contributed by atoms with Gasteiger partial charge >= 0.3 is 5.97 Å². The maximum atomic E-state index is 10.5. The molecule has 0 aromatic heterocycles. The summed E-state index contributed by atoms with van der Waals surface area (Å²) in [6.07, 6.45) is 1.93. The molecule has 0 spiro atoms. The van der Waals surface area contributed by atoms with Crippen LogP contribution in [0.15, 0.2) is 104 Å². The van der Waals surface area contributed by atoms with Crippen molar-refractivity contribution in [3.63, 3.8) is 0 Å². The molecule has 31 heavy (non-hydrogen) atoms. The van der Waals surface area contributed by atoms with Crippen LogP contribution in [0, 0.1) is 0 Å². The molecule has 0 bridgehead atoms. The summed E-state index contributed by atoms with van der Waals surface area (Å²) in [7, 11) is 0. The van der Waals surface area contributed by atoms with Crippen molar-refractivity contribution in [2.75, 3.05) is 0 Å². The number of benzene rings is 5. The van der Waals surface area contributed by atoms with Crippen LogP contribution in [0.5, 0.6) is 0 Å². The minimum Gasteiger partial charge on any atom is -0.480 e. The first-order valence-corrected chi connectivity index (χ1v) is 10.9. The maximum Gasteiger partial charge on any atom is 0.321 e. The van der Waals surface area contributed by atoms with E-state index in [4.69, 9.17) is 5.11 Å². The molecule has 5 aromatic carbocycles. The lowest BCUT2D eigenvalue weighted by molar-refractivity contribution is -0.136. The molecule has 5 aromatic rings. The largest absolute Gasteiger partial charge is 0.480 e. The molecule has 5 rings (SSSR count). The summed E-state index contributed by atoms with van der Waals surface area (Å²) in [6, 6.07) is 32.9. The SMILES string of the molecule is C=Cc1cccc2c1ccc1cc3ccccc3cc12.O=C(O)C(Br)c1ccccc1. The van der Waals surface area contributed by atoms with Gasteiger partial charge in [-0.25, -0.2) is 0 Å². The van der Waals surface area contributed by atoms with E-state index in [0.717, 1.165) is 5.56 Å². The number of carbonyl (C=O) groups is 1. The fraction of sp³-hybridized carbons (Fsp3) is 0.0357. The molecule has 0 amide bonds. The van der Waals surface area contributed by atoms with Crippen molar-refractivity contribution >= 4 is 60.3 Å². The van der Waals surface area contributed by atoms with Gasteiger partial charge in [0.2, 0.25) is 0 Å². The third kappa shape index (κ3) is 4.37. The van der Waals surface area contributed by atoms with Gasteiger partial charge in [0.1, 0.15) is 4.83 Å². The summed E-state index contributed by atoms with van der Waals surface area (Å²) >= 11 is 3.05. The van der Waals surface area contributed by atoms with Gasteiger partial charge in [0.05, 0.1) is 0 Å². The zero-order valence-electron chi connectivity index (χ0n) is 16.8. The van der Waals surface area contributed by atoms with Crippen molar-refractivity contribution in [2.45, 2.75) is 4.83 Å². The number of fused-ring (bicyclic) bond motifs is 4. The molecule has 0 heterocycles. The lowest BCUT2D eigenvalue weighted by atomic mass is 9.96. The van der Waals surface area contributed by atoms with E-state index in [1.54, 1.807) is 12.1 Å². The van der Waals surface area contributed by atoms with Gasteiger partial charge in [0.15, 0.2) is 0 Å². The van der Waals surface area contributed by atoms with Crippen molar-refractivity contribution < 1.29 is 9.90 Å². The number of alkyl halides is 1. The van der Waals surface area contributed by atoms with E-state index < -0.39 is 10.8 Å². The van der Waals surface area contributed by atoms with Gasteiger partial charge in [-0.1, -0.05) is 114 Å². The molecule has 0 aliphatic heterocycles. The van der Waals surface area contributed by atoms with E-state index in [9.17, 15) is 4.79 Å². The third-order valence-electron chi connectivity index (χ3n) is 5.31. The average molecular weight is 469 g/mol. The molecule has 1 unspecified atom stereocenters. The van der Waals surface area contributed by atoms with Crippen molar-refractivity contribution in [2.24, 2.45) is 0 Å². The van der Waals surface area contributed by atoms with Crippen molar-refractivity contribution in [1.82, 2.24) is 0 Å². The van der Waals surface area contributed by atoms with E-state index in [-0.39, 0.29) is 0 Å². The van der Waals surface area contributed by atoms with E-state index in [1.165, 1.54) is 37.9 Å². The van der Waals surface area contributed by atoms with E-state index in [0.29, 0.717) is 0 Å². The van der Waals surface area contributed by atoms with E-state index >= 15 is 0 Å². The number of aliphatic carboxylic acids is 1. The maximum absolute atomic E-state index is 10.5. The minimum atomic E-state index is -0.865. The number of hydrogen-bond donors (Lipinski definition) is 1. The predicted molar refractivity (Wildman–Crippen MR) is 135 cm³/mol. The molecule has 0 saturated carbocycles. The highest BCUT2D eigenvalue weighted by atomic mass is 79.9. The molecule has 2 nitrogen and oxygen atoms in total. The molecule has 0 fully saturated rings. The predicted octanol–water partition coefficient (Wildman–Crippen LogP) is 8.00. The molecule has 1 atom stereocenters. The Labute approximate surface area is 189 Å². The Morgan fingerprint density at radius 1 is 0.742 bits per heavy atom. The Bertz CT molecular complexity index is 1390. The molecule has 0 radical (unpaired) electrons. The summed E-state index contributed by atoms with van der Waals surface area (Å²) in [5.74, 6) is -0.865. The summed E-state index contributed by atoms with van der Waals surface area (Å²) in [4.78, 5) is 9.86. The summed E-state index contributed by atoms with van der Waals surface area (Å²) < 4.78 is 0. The zero-order valence-corrected chi connectivity index (χ0v) is 18.4. The monoisotopic (exact) mass is 468 g/mol. The van der Waals surface area contributed by atoms with Gasteiger partial charge in [-0.3, -0.25) is 4.79 Å². The van der Waals surface area contributed by atoms with Crippen LogP contribution in [0.4, 0.5) is 0 Å². The number of hydrogen-bond acceptors (Lipinski definition) is 1. The molecular weight excluding hydrogens is 448 g/mol. The molecule has 1 N–H and O–H groups in total. The van der Waals surface area contributed by atoms with Gasteiger partial charge < -0.3 is 5.11 Å². The first-order chi connectivity index (χ1) is 15.1. The van der Waals surface area contributed by atoms with Crippen molar-refractivity contribution in [1.29, 1.82) is 0 Å². The normalized spacial score (nSPS) is 11.6. The molecule has 152 valence electrons. The molecule has 0 aliphatic carbocycles. The van der Waals surface area contributed by atoms with E-state index in [1.807, 2.05) is 24.3 Å². The van der Waals surface area contributed by atoms with Gasteiger partial charge in [-0.05, 0) is 55.6 Å². The molecule has 0 aliphatic rings. The van der Waals surface area contributed by atoms with Crippen molar-refractivity contribution in [3.8, 4) is 0 Å². The first kappa shape index (κ1) is 20.8. The Kier molecular flexibility index (Phi) is 6.15. The zero-order chi connectivity index (χ0) is 21.8. The standard InChI is InChI=1S/C20H14.C8H7BrO2/c1-2-14-8-5-9-19-18(14)11-10-17-12-15-6-3-4-7-16(15)13-20(17)19;9-7(8(10)11)6-4-2-1-3-5-6/h2-13H,1H2;1-5,7H,(H,10,11). The van der Waals surface area contributed by atoms with Crippen LogP contribution >= 0.6 is 15.9 Å². The number of rotatable bonds is 3. The lowest BCUT2D eigenvalue weighted by Gasteiger charge is -2.08. The van der Waals surface area contributed by atoms with E-state index in [2.05, 4.69) is 89.2 Å². The van der Waals surface area contributed by atoms with Crippen LogP contribution < -0.4 is 0 Å². The van der Waals surface area contributed by atoms with Gasteiger partial charge in [-0.15, -0.1) is 0 Å². The lowest BCUT2D eigenvalue weighted by Crippen LogP contribution is -2.03. The minimum absolute atomic E-state index is 0.594. The van der Waals surface area contributed by atoms with Gasteiger partial charge in [0.25, 0.3) is 0 Å². The van der Waals surface area contributed by atoms with Crippen LogP contribution in [-0.2, 0) is 4.79 Å². The van der Waals surface area contributed by atoms with Crippen LogP contribution in [-0.4, -0.2) is 11.1 Å². The smallest absolute Gasteiger partial charge is 0.321 e. The molecule has 3 heteroatoms. The van der Waals surface area contributed by atoms with Gasteiger partial charge in [-0.2, -0.15) is 0 Å². The Morgan fingerprint density at radius 2 is 1.42 bits per heavy atom. The summed E-state index contributed by atoms with van der Waals surface area (Å²) in [5.41, 5.74) is 1.96. The van der Waals surface area contributed by atoms with Gasteiger partial charge in [0, 0.05) is 0 Å². The highest BCUT2D eigenvalue weighted by molar-refractivity contribution is 9.09. The second-order valence-corrected chi connectivity index (χ2v) is 8.16. The van der Waals surface area contributed by atoms with Crippen LogP contribution in [0.3, 0.4) is 0 Å². The second kappa shape index (κ2) is 9.15. The van der Waals surface area contributed by atoms with Crippen LogP contribution in [0.1, 0.15) is 16.0 Å². The Hall–Kier alpha value is -3.43. The Balaban J connectivity index is 0.000000180. The fourth-order valence-corrected chi connectivity index (χ4v) is 4.05. The second-order valence-electron chi connectivity index (χ2n) is 7.24. The first-order valence-electron chi connectivity index (χ1n) is 9.97. The number of carboxylic acids is 1. The fourth-order valence-electron chi connectivity index (χ4n) is 3.75. The number of carboxylic acid groups (broad SMARTS) is 1. The highest BCUT2D eigenvalue weighted by Gasteiger charge is 2.14. The Morgan fingerprint density at radius 3 is 2.10 bits per heavy atom. The average Bonchev–Trinajstić information content (AvgIpc) is 2.82. The molecule has 0 saturated heterocycles. The summed E-state index contributed by atoms with van der Waals surface area (Å²) in [5, 5.41) is 16.3.